The third kappa shape index (κ3) is 1.96. The van der Waals surface area contributed by atoms with Gasteiger partial charge in [-0.1, -0.05) is 0 Å². The predicted molar refractivity (Wildman–Crippen MR) is 53.8 cm³/mol. The van der Waals surface area contributed by atoms with Crippen LogP contribution in [0.25, 0.3) is 0 Å². The van der Waals surface area contributed by atoms with E-state index < -0.39 is 0 Å². The Morgan fingerprint density at radius 2 is 2.43 bits per heavy atom. The summed E-state index contributed by atoms with van der Waals surface area (Å²) in [6, 6.07) is 2.10. The Hall–Kier alpha value is -0.870. The lowest BCUT2D eigenvalue weighted by atomic mass is 10.3. The number of β-amino-alcohol motifs (C(OH)–C–C–N with tert-alkyl or cyclic N) is 1. The number of aromatic nitrogens is 2. The molecule has 1 fully saturated rings. The number of nitrogens with zero attached hydrogens (tertiary/aromatic N) is 3. The molecule has 0 spiro atoms. The number of hydrogen-bond donors (Lipinski definition) is 1. The fraction of sp³-hybridized carbons (Fsp3) is 0.700. The quantitative estimate of drug-likeness (QED) is 0.737. The van der Waals surface area contributed by atoms with Crippen LogP contribution in [0.1, 0.15) is 17.8 Å². The lowest BCUT2D eigenvalue weighted by Crippen LogP contribution is -2.22. The Morgan fingerprint density at radius 1 is 1.64 bits per heavy atom. The van der Waals surface area contributed by atoms with Crippen LogP contribution in [0, 0.1) is 6.92 Å². The zero-order chi connectivity index (χ0) is 10.1. The molecule has 1 unspecified atom stereocenters. The molecule has 0 aromatic carbocycles. The van der Waals surface area contributed by atoms with Gasteiger partial charge in [-0.2, -0.15) is 5.10 Å². The topological polar surface area (TPSA) is 41.3 Å². The summed E-state index contributed by atoms with van der Waals surface area (Å²) in [5.74, 6) is 0. The highest BCUT2D eigenvalue weighted by Gasteiger charge is 2.20. The van der Waals surface area contributed by atoms with E-state index in [1.54, 1.807) is 0 Å². The number of rotatable bonds is 2. The summed E-state index contributed by atoms with van der Waals surface area (Å²) in [5, 5.41) is 13.7. The Kier molecular flexibility index (Phi) is 2.56. The van der Waals surface area contributed by atoms with Crippen LogP contribution < -0.4 is 0 Å². The van der Waals surface area contributed by atoms with E-state index in [0.717, 1.165) is 31.7 Å². The van der Waals surface area contributed by atoms with Gasteiger partial charge in [-0.15, -0.1) is 0 Å². The van der Waals surface area contributed by atoms with Crippen molar-refractivity contribution in [1.29, 1.82) is 0 Å². The molecule has 0 bridgehead atoms. The Labute approximate surface area is 84.1 Å². The van der Waals surface area contributed by atoms with Gasteiger partial charge in [0, 0.05) is 26.7 Å². The summed E-state index contributed by atoms with van der Waals surface area (Å²) in [5.41, 5.74) is 2.28. The molecule has 4 heteroatoms. The first-order valence-electron chi connectivity index (χ1n) is 5.05. The highest BCUT2D eigenvalue weighted by molar-refractivity contribution is 5.08. The van der Waals surface area contributed by atoms with E-state index in [1.165, 1.54) is 5.69 Å². The van der Waals surface area contributed by atoms with E-state index in [0.29, 0.717) is 0 Å². The third-order valence-corrected chi connectivity index (χ3v) is 2.73. The first kappa shape index (κ1) is 9.68. The summed E-state index contributed by atoms with van der Waals surface area (Å²) in [6.07, 6.45) is 0.765. The molecule has 14 heavy (non-hydrogen) atoms. The normalized spacial score (nSPS) is 23.2. The number of likely N-dealkylation sites (tertiary alicyclic amines) is 1. The average molecular weight is 195 g/mol. The van der Waals surface area contributed by atoms with E-state index in [2.05, 4.69) is 16.1 Å². The highest BCUT2D eigenvalue weighted by atomic mass is 16.3. The van der Waals surface area contributed by atoms with Crippen molar-refractivity contribution >= 4 is 0 Å². The van der Waals surface area contributed by atoms with Crippen molar-refractivity contribution in [2.75, 3.05) is 13.1 Å². The minimum absolute atomic E-state index is 0.135. The van der Waals surface area contributed by atoms with Crippen molar-refractivity contribution in [2.45, 2.75) is 26.0 Å². The zero-order valence-electron chi connectivity index (χ0n) is 8.77. The summed E-state index contributed by atoms with van der Waals surface area (Å²) in [4.78, 5) is 2.26. The van der Waals surface area contributed by atoms with Crippen LogP contribution in [0.5, 0.6) is 0 Å². The molecule has 1 atom stereocenters. The molecule has 0 amide bonds. The predicted octanol–water partition coefficient (Wildman–Crippen LogP) is 0.295. The molecule has 1 saturated heterocycles. The van der Waals surface area contributed by atoms with Gasteiger partial charge in [0.2, 0.25) is 0 Å². The molecule has 2 heterocycles. The Balaban J connectivity index is 2.00. The molecule has 1 aliphatic rings. The molecule has 4 nitrogen and oxygen atoms in total. The molecule has 2 rings (SSSR count). The van der Waals surface area contributed by atoms with Gasteiger partial charge in [0.15, 0.2) is 0 Å². The fourth-order valence-electron chi connectivity index (χ4n) is 2.00. The summed E-state index contributed by atoms with van der Waals surface area (Å²) in [6.45, 7) is 4.69. The average Bonchev–Trinajstić information content (AvgIpc) is 2.61. The number of aryl methyl sites for hydroxylation is 2. The van der Waals surface area contributed by atoms with Crippen LogP contribution in [0.15, 0.2) is 6.07 Å². The van der Waals surface area contributed by atoms with E-state index >= 15 is 0 Å². The van der Waals surface area contributed by atoms with Crippen LogP contribution in [-0.4, -0.2) is 39.0 Å². The highest BCUT2D eigenvalue weighted by Crippen LogP contribution is 2.13. The molecule has 1 N–H and O–H groups in total. The van der Waals surface area contributed by atoms with Gasteiger partial charge in [-0.3, -0.25) is 9.58 Å². The SMILES string of the molecule is Cc1cc(CN2CCC(O)C2)n(C)n1. The van der Waals surface area contributed by atoms with Gasteiger partial charge in [-0.05, 0) is 19.4 Å². The lowest BCUT2D eigenvalue weighted by Gasteiger charge is -2.14. The van der Waals surface area contributed by atoms with Crippen molar-refractivity contribution in [2.24, 2.45) is 7.05 Å². The lowest BCUT2D eigenvalue weighted by molar-refractivity contribution is 0.174. The Bertz CT molecular complexity index is 321. The van der Waals surface area contributed by atoms with Crippen molar-refractivity contribution < 1.29 is 5.11 Å². The van der Waals surface area contributed by atoms with E-state index in [-0.39, 0.29) is 6.10 Å². The third-order valence-electron chi connectivity index (χ3n) is 2.73. The smallest absolute Gasteiger partial charge is 0.0679 e. The number of hydrogen-bond acceptors (Lipinski definition) is 3. The van der Waals surface area contributed by atoms with Gasteiger partial charge < -0.3 is 5.11 Å². The second-order valence-corrected chi connectivity index (χ2v) is 4.08. The van der Waals surface area contributed by atoms with Gasteiger partial charge >= 0.3 is 0 Å². The maximum absolute atomic E-state index is 9.39. The summed E-state index contributed by atoms with van der Waals surface area (Å²) < 4.78 is 1.92. The van der Waals surface area contributed by atoms with Gasteiger partial charge in [-0.25, -0.2) is 0 Å². The molecule has 0 saturated carbocycles. The van der Waals surface area contributed by atoms with E-state index in [1.807, 2.05) is 18.7 Å². The minimum Gasteiger partial charge on any atom is -0.392 e. The van der Waals surface area contributed by atoms with Crippen molar-refractivity contribution in [1.82, 2.24) is 14.7 Å². The second kappa shape index (κ2) is 3.71. The first-order valence-corrected chi connectivity index (χ1v) is 5.05. The first-order chi connectivity index (χ1) is 6.65. The monoisotopic (exact) mass is 195 g/mol. The minimum atomic E-state index is -0.135. The summed E-state index contributed by atoms with van der Waals surface area (Å²) >= 11 is 0. The molecular weight excluding hydrogens is 178 g/mol. The number of aliphatic hydroxyl groups excluding tert-OH is 1. The Morgan fingerprint density at radius 3 is 2.93 bits per heavy atom. The van der Waals surface area contributed by atoms with Crippen LogP contribution in [0.3, 0.4) is 0 Å². The van der Waals surface area contributed by atoms with Gasteiger partial charge in [0.1, 0.15) is 0 Å². The van der Waals surface area contributed by atoms with Crippen LogP contribution in [-0.2, 0) is 13.6 Å². The fourth-order valence-corrected chi connectivity index (χ4v) is 2.00. The number of aliphatic hydroxyl groups is 1. The van der Waals surface area contributed by atoms with E-state index in [4.69, 9.17) is 0 Å². The summed E-state index contributed by atoms with van der Waals surface area (Å²) in [7, 11) is 1.97. The standard InChI is InChI=1S/C10H17N3O/c1-8-5-9(12(2)11-8)6-13-4-3-10(14)7-13/h5,10,14H,3-4,6-7H2,1-2H3. The molecule has 1 aliphatic heterocycles. The van der Waals surface area contributed by atoms with Crippen molar-refractivity contribution in [3.8, 4) is 0 Å². The maximum atomic E-state index is 9.39. The van der Waals surface area contributed by atoms with Crippen molar-refractivity contribution in [3.05, 3.63) is 17.5 Å². The van der Waals surface area contributed by atoms with Crippen LogP contribution in [0.2, 0.25) is 0 Å². The maximum Gasteiger partial charge on any atom is 0.0679 e. The van der Waals surface area contributed by atoms with Crippen LogP contribution >= 0.6 is 0 Å². The van der Waals surface area contributed by atoms with Crippen LogP contribution in [0.4, 0.5) is 0 Å². The van der Waals surface area contributed by atoms with Gasteiger partial charge in [0.25, 0.3) is 0 Å². The second-order valence-electron chi connectivity index (χ2n) is 4.08. The molecular formula is C10H17N3O. The van der Waals surface area contributed by atoms with Gasteiger partial charge in [0.05, 0.1) is 17.5 Å². The molecule has 0 aliphatic carbocycles. The molecule has 1 aromatic rings. The largest absolute Gasteiger partial charge is 0.392 e. The zero-order valence-corrected chi connectivity index (χ0v) is 8.77. The molecule has 78 valence electrons. The van der Waals surface area contributed by atoms with E-state index in [9.17, 15) is 5.11 Å². The molecule has 0 radical (unpaired) electrons. The van der Waals surface area contributed by atoms with Crippen molar-refractivity contribution in [3.63, 3.8) is 0 Å². The molecule has 1 aromatic heterocycles.